The SMILES string of the molecule is COCC(C)NC(N)=NCc1cccc(N(C)C)n1. The quantitative estimate of drug-likeness (QED) is 0.581. The van der Waals surface area contributed by atoms with Gasteiger partial charge in [0.15, 0.2) is 5.96 Å². The Balaban J connectivity index is 2.57. The van der Waals surface area contributed by atoms with Gasteiger partial charge in [-0.2, -0.15) is 0 Å². The number of aliphatic imine (C=N–C) groups is 1. The van der Waals surface area contributed by atoms with Crippen molar-refractivity contribution in [3.05, 3.63) is 23.9 Å². The molecule has 0 aliphatic heterocycles. The van der Waals surface area contributed by atoms with Gasteiger partial charge in [-0.15, -0.1) is 0 Å². The van der Waals surface area contributed by atoms with Crippen LogP contribution < -0.4 is 16.0 Å². The van der Waals surface area contributed by atoms with Crippen LogP contribution in [0.4, 0.5) is 5.82 Å². The van der Waals surface area contributed by atoms with Crippen LogP contribution in [-0.2, 0) is 11.3 Å². The van der Waals surface area contributed by atoms with Crippen molar-refractivity contribution in [1.82, 2.24) is 10.3 Å². The fraction of sp³-hybridized carbons (Fsp3) is 0.538. The van der Waals surface area contributed by atoms with E-state index in [-0.39, 0.29) is 6.04 Å². The van der Waals surface area contributed by atoms with Gasteiger partial charge in [0.05, 0.1) is 18.8 Å². The highest BCUT2D eigenvalue weighted by molar-refractivity contribution is 5.78. The van der Waals surface area contributed by atoms with E-state index in [9.17, 15) is 0 Å². The second-order valence-corrected chi connectivity index (χ2v) is 4.58. The molecule has 1 aromatic heterocycles. The van der Waals surface area contributed by atoms with Crippen molar-refractivity contribution < 1.29 is 4.74 Å². The number of pyridine rings is 1. The van der Waals surface area contributed by atoms with Crippen LogP contribution in [0.2, 0.25) is 0 Å². The van der Waals surface area contributed by atoms with E-state index >= 15 is 0 Å². The van der Waals surface area contributed by atoms with Crippen molar-refractivity contribution in [1.29, 1.82) is 0 Å². The molecule has 0 saturated heterocycles. The zero-order chi connectivity index (χ0) is 14.3. The topological polar surface area (TPSA) is 75.8 Å². The number of rotatable bonds is 6. The lowest BCUT2D eigenvalue weighted by Gasteiger charge is -2.13. The molecule has 0 amide bonds. The number of nitrogens with zero attached hydrogens (tertiary/aromatic N) is 3. The molecule has 1 heterocycles. The lowest BCUT2D eigenvalue weighted by molar-refractivity contribution is 0.179. The summed E-state index contributed by atoms with van der Waals surface area (Å²) in [6, 6.07) is 5.98. The van der Waals surface area contributed by atoms with Gasteiger partial charge >= 0.3 is 0 Å². The molecule has 0 aromatic carbocycles. The van der Waals surface area contributed by atoms with Crippen LogP contribution >= 0.6 is 0 Å². The Labute approximate surface area is 114 Å². The molecule has 0 aliphatic carbocycles. The zero-order valence-electron chi connectivity index (χ0n) is 12.1. The van der Waals surface area contributed by atoms with Crippen LogP contribution in [0.5, 0.6) is 0 Å². The minimum Gasteiger partial charge on any atom is -0.383 e. The van der Waals surface area contributed by atoms with Gasteiger partial charge in [-0.3, -0.25) is 0 Å². The van der Waals surface area contributed by atoms with Crippen LogP contribution in [0, 0.1) is 0 Å². The number of aromatic nitrogens is 1. The van der Waals surface area contributed by atoms with Gasteiger partial charge in [0.1, 0.15) is 5.82 Å². The van der Waals surface area contributed by atoms with E-state index in [1.807, 2.05) is 44.1 Å². The lowest BCUT2D eigenvalue weighted by Crippen LogP contribution is -2.40. The van der Waals surface area contributed by atoms with Gasteiger partial charge in [0.2, 0.25) is 0 Å². The van der Waals surface area contributed by atoms with Crippen molar-refractivity contribution in [2.24, 2.45) is 10.7 Å². The van der Waals surface area contributed by atoms with E-state index in [1.54, 1.807) is 7.11 Å². The molecule has 0 saturated carbocycles. The largest absolute Gasteiger partial charge is 0.383 e. The number of nitrogens with one attached hydrogen (secondary N) is 1. The third kappa shape index (κ3) is 5.56. The van der Waals surface area contributed by atoms with Crippen molar-refractivity contribution in [3.8, 4) is 0 Å². The molecule has 106 valence electrons. The van der Waals surface area contributed by atoms with Crippen molar-refractivity contribution in [3.63, 3.8) is 0 Å². The Morgan fingerprint density at radius 3 is 2.89 bits per heavy atom. The summed E-state index contributed by atoms with van der Waals surface area (Å²) < 4.78 is 5.02. The molecule has 1 unspecified atom stereocenters. The molecule has 0 bridgehead atoms. The normalized spacial score (nSPS) is 13.2. The Bertz CT molecular complexity index is 419. The summed E-state index contributed by atoms with van der Waals surface area (Å²) in [5.41, 5.74) is 6.68. The van der Waals surface area contributed by atoms with Crippen molar-refractivity contribution >= 4 is 11.8 Å². The fourth-order valence-electron chi connectivity index (χ4n) is 1.56. The lowest BCUT2D eigenvalue weighted by atomic mass is 10.3. The summed E-state index contributed by atoms with van der Waals surface area (Å²) >= 11 is 0. The zero-order valence-corrected chi connectivity index (χ0v) is 12.1. The maximum atomic E-state index is 5.80. The smallest absolute Gasteiger partial charge is 0.189 e. The Morgan fingerprint density at radius 1 is 1.53 bits per heavy atom. The molecule has 1 rings (SSSR count). The van der Waals surface area contributed by atoms with Gasteiger partial charge in [-0.25, -0.2) is 9.98 Å². The van der Waals surface area contributed by atoms with Gasteiger partial charge in [0, 0.05) is 27.2 Å². The summed E-state index contributed by atoms with van der Waals surface area (Å²) in [5.74, 6) is 1.31. The second-order valence-electron chi connectivity index (χ2n) is 4.58. The number of anilines is 1. The second kappa shape index (κ2) is 7.58. The van der Waals surface area contributed by atoms with E-state index in [0.29, 0.717) is 19.1 Å². The van der Waals surface area contributed by atoms with E-state index in [1.165, 1.54) is 0 Å². The number of guanidine groups is 1. The first kappa shape index (κ1) is 15.2. The molecule has 0 spiro atoms. The van der Waals surface area contributed by atoms with E-state index in [0.717, 1.165) is 11.5 Å². The van der Waals surface area contributed by atoms with Crippen LogP contribution in [0.1, 0.15) is 12.6 Å². The Morgan fingerprint density at radius 2 is 2.26 bits per heavy atom. The summed E-state index contributed by atoms with van der Waals surface area (Å²) in [5, 5.41) is 3.05. The first-order chi connectivity index (χ1) is 9.02. The molecule has 0 radical (unpaired) electrons. The van der Waals surface area contributed by atoms with Crippen LogP contribution in [0.3, 0.4) is 0 Å². The highest BCUT2D eigenvalue weighted by atomic mass is 16.5. The average Bonchev–Trinajstić information content (AvgIpc) is 2.37. The average molecular weight is 265 g/mol. The van der Waals surface area contributed by atoms with Crippen LogP contribution in [-0.4, -0.2) is 44.8 Å². The molecule has 1 aromatic rings. The van der Waals surface area contributed by atoms with Gasteiger partial charge in [-0.05, 0) is 19.1 Å². The van der Waals surface area contributed by atoms with Gasteiger partial charge < -0.3 is 20.7 Å². The molecule has 19 heavy (non-hydrogen) atoms. The summed E-state index contributed by atoms with van der Waals surface area (Å²) in [4.78, 5) is 10.7. The highest BCUT2D eigenvalue weighted by Crippen LogP contribution is 2.08. The maximum absolute atomic E-state index is 5.80. The standard InChI is InChI=1S/C13H23N5O/c1-10(9-19-4)16-13(14)15-8-11-6-5-7-12(17-11)18(2)3/h5-7,10H,8-9H2,1-4H3,(H3,14,15,16). The third-order valence-electron chi connectivity index (χ3n) is 2.47. The first-order valence-electron chi connectivity index (χ1n) is 6.21. The first-order valence-corrected chi connectivity index (χ1v) is 6.21. The van der Waals surface area contributed by atoms with Gasteiger partial charge in [0.25, 0.3) is 0 Å². The molecule has 6 nitrogen and oxygen atoms in total. The maximum Gasteiger partial charge on any atom is 0.189 e. The van der Waals surface area contributed by atoms with E-state index < -0.39 is 0 Å². The predicted molar refractivity (Wildman–Crippen MR) is 78.4 cm³/mol. The number of ether oxygens (including phenoxy) is 1. The number of nitrogens with two attached hydrogens (primary N) is 1. The minimum atomic E-state index is 0.134. The molecular weight excluding hydrogens is 242 g/mol. The molecule has 0 aliphatic rings. The minimum absolute atomic E-state index is 0.134. The van der Waals surface area contributed by atoms with Gasteiger partial charge in [-0.1, -0.05) is 6.07 Å². The fourth-order valence-corrected chi connectivity index (χ4v) is 1.56. The van der Waals surface area contributed by atoms with Crippen molar-refractivity contribution in [2.45, 2.75) is 19.5 Å². The van der Waals surface area contributed by atoms with E-state index in [4.69, 9.17) is 10.5 Å². The molecular formula is C13H23N5O. The Hall–Kier alpha value is -1.82. The molecule has 6 heteroatoms. The number of methoxy groups -OCH3 is 1. The monoisotopic (exact) mass is 265 g/mol. The summed E-state index contributed by atoms with van der Waals surface area (Å²) in [6.07, 6.45) is 0. The third-order valence-corrected chi connectivity index (χ3v) is 2.47. The number of hydrogen-bond donors (Lipinski definition) is 2. The Kier molecular flexibility index (Phi) is 6.08. The van der Waals surface area contributed by atoms with E-state index in [2.05, 4.69) is 15.3 Å². The van der Waals surface area contributed by atoms with Crippen molar-refractivity contribution in [2.75, 3.05) is 32.7 Å². The summed E-state index contributed by atoms with van der Waals surface area (Å²) in [6.45, 7) is 3.03. The number of hydrogen-bond acceptors (Lipinski definition) is 4. The molecule has 1 atom stereocenters. The summed E-state index contributed by atoms with van der Waals surface area (Å²) in [7, 11) is 5.57. The molecule has 3 N–H and O–H groups in total. The predicted octanol–water partition coefficient (Wildman–Crippen LogP) is 0.587. The molecule has 0 fully saturated rings. The van der Waals surface area contributed by atoms with Crippen LogP contribution in [0.25, 0.3) is 0 Å². The van der Waals surface area contributed by atoms with Crippen LogP contribution in [0.15, 0.2) is 23.2 Å². The highest BCUT2D eigenvalue weighted by Gasteiger charge is 2.02.